The van der Waals surface area contributed by atoms with Crippen molar-refractivity contribution in [3.05, 3.63) is 76.0 Å². The van der Waals surface area contributed by atoms with Gasteiger partial charge in [-0.2, -0.15) is 18.2 Å². The van der Waals surface area contributed by atoms with Crippen LogP contribution in [0.5, 0.6) is 11.5 Å². The zero-order valence-corrected chi connectivity index (χ0v) is 20.5. The second-order valence-corrected chi connectivity index (χ2v) is 9.15. The van der Waals surface area contributed by atoms with E-state index in [1.807, 2.05) is 13.8 Å². The van der Waals surface area contributed by atoms with Crippen molar-refractivity contribution in [1.82, 2.24) is 9.78 Å². The molecule has 3 rings (SSSR count). The van der Waals surface area contributed by atoms with Gasteiger partial charge in [-0.25, -0.2) is 9.18 Å². The van der Waals surface area contributed by atoms with Gasteiger partial charge >= 0.3 is 16.1 Å². The topological polar surface area (TPSA) is 114 Å². The molecule has 0 spiro atoms. The molecule has 0 bridgehead atoms. The summed E-state index contributed by atoms with van der Waals surface area (Å²) in [7, 11) is -4.56. The van der Waals surface area contributed by atoms with E-state index in [2.05, 4.69) is 5.10 Å². The molecule has 2 aromatic carbocycles. The van der Waals surface area contributed by atoms with Crippen molar-refractivity contribution in [2.24, 2.45) is 0 Å². The quantitative estimate of drug-likeness (QED) is 0.319. The second-order valence-electron chi connectivity index (χ2n) is 7.64. The summed E-state index contributed by atoms with van der Waals surface area (Å²) < 4.78 is 56.4. The third-order valence-corrected chi connectivity index (χ3v) is 6.10. The minimum atomic E-state index is -4.56. The number of benzene rings is 2. The molecular formula is C24H25FN2O7S. The van der Waals surface area contributed by atoms with Crippen LogP contribution in [0, 0.1) is 5.82 Å². The summed E-state index contributed by atoms with van der Waals surface area (Å²) in [6.45, 7) is 7.21. The molecule has 0 aliphatic carbocycles. The average Bonchev–Trinajstić information content (AvgIpc) is 2.80. The first-order chi connectivity index (χ1) is 16.6. The Balaban J connectivity index is 2.15. The van der Waals surface area contributed by atoms with Crippen LogP contribution in [-0.2, 0) is 14.9 Å². The third kappa shape index (κ3) is 5.86. The van der Waals surface area contributed by atoms with E-state index in [1.165, 1.54) is 24.3 Å². The van der Waals surface area contributed by atoms with Crippen LogP contribution in [0.25, 0.3) is 5.69 Å². The van der Waals surface area contributed by atoms with Crippen molar-refractivity contribution >= 4 is 16.1 Å². The summed E-state index contributed by atoms with van der Waals surface area (Å²) in [6.07, 6.45) is 0. The molecule has 35 heavy (non-hydrogen) atoms. The molecule has 0 aliphatic heterocycles. The van der Waals surface area contributed by atoms with E-state index in [-0.39, 0.29) is 35.5 Å². The van der Waals surface area contributed by atoms with Crippen LogP contribution >= 0.6 is 0 Å². The third-order valence-electron chi connectivity index (χ3n) is 4.84. The Morgan fingerprint density at radius 3 is 2.31 bits per heavy atom. The zero-order chi connectivity index (χ0) is 25.8. The summed E-state index contributed by atoms with van der Waals surface area (Å²) in [5, 5.41) is 3.96. The maximum atomic E-state index is 13.3. The van der Waals surface area contributed by atoms with E-state index in [0.29, 0.717) is 5.56 Å². The van der Waals surface area contributed by atoms with Crippen LogP contribution in [0.15, 0.2) is 58.2 Å². The van der Waals surface area contributed by atoms with Gasteiger partial charge in [0.2, 0.25) is 5.69 Å². The van der Waals surface area contributed by atoms with Crippen molar-refractivity contribution in [3.8, 4) is 17.2 Å². The lowest BCUT2D eigenvalue weighted by molar-refractivity contribution is 0.0515. The summed E-state index contributed by atoms with van der Waals surface area (Å²) in [5.74, 6) is -2.08. The number of carbonyl (C=O) groups excluding carboxylic acids is 1. The molecule has 3 aromatic rings. The van der Waals surface area contributed by atoms with Gasteiger partial charge in [-0.3, -0.25) is 4.79 Å². The number of hydrogen-bond acceptors (Lipinski definition) is 8. The summed E-state index contributed by atoms with van der Waals surface area (Å²) in [6, 6.07) is 10.3. The monoisotopic (exact) mass is 504 g/mol. The molecule has 186 valence electrons. The van der Waals surface area contributed by atoms with Crippen LogP contribution < -0.4 is 14.5 Å². The van der Waals surface area contributed by atoms with Gasteiger partial charge in [0.05, 0.1) is 25.0 Å². The zero-order valence-electron chi connectivity index (χ0n) is 19.6. The van der Waals surface area contributed by atoms with Gasteiger partial charge in [0, 0.05) is 0 Å². The highest BCUT2D eigenvalue weighted by Gasteiger charge is 2.28. The number of ether oxygens (including phenoxy) is 2. The molecule has 0 saturated carbocycles. The van der Waals surface area contributed by atoms with Gasteiger partial charge < -0.3 is 13.7 Å². The fraction of sp³-hybridized carbons (Fsp3) is 0.292. The van der Waals surface area contributed by atoms with Crippen molar-refractivity contribution in [2.75, 3.05) is 13.2 Å². The molecule has 11 heteroatoms. The maximum Gasteiger partial charge on any atom is 0.362 e. The number of aromatic nitrogens is 2. The standard InChI is InChI=1S/C24H25FN2O7S/c1-5-32-19-12-7-16(15(3)4)13-21(19)35(30,31)34-20-14-22(28)27(18-10-8-17(25)9-11-18)26-23(20)24(29)33-6-2/h7-15H,5-6H2,1-4H3. The molecule has 0 fully saturated rings. The van der Waals surface area contributed by atoms with Crippen LogP contribution in [0.2, 0.25) is 0 Å². The van der Waals surface area contributed by atoms with E-state index in [4.69, 9.17) is 13.7 Å². The number of nitrogens with zero attached hydrogens (tertiary/aromatic N) is 2. The predicted molar refractivity (Wildman–Crippen MR) is 125 cm³/mol. The first kappa shape index (κ1) is 25.9. The van der Waals surface area contributed by atoms with E-state index in [0.717, 1.165) is 22.9 Å². The second kappa shape index (κ2) is 10.7. The van der Waals surface area contributed by atoms with E-state index >= 15 is 0 Å². The van der Waals surface area contributed by atoms with E-state index in [1.54, 1.807) is 19.9 Å². The molecule has 0 radical (unpaired) electrons. The largest absolute Gasteiger partial charge is 0.492 e. The molecule has 0 amide bonds. The summed E-state index contributed by atoms with van der Waals surface area (Å²) in [5.41, 5.74) is -0.487. The molecule has 0 saturated heterocycles. The fourth-order valence-corrected chi connectivity index (χ4v) is 4.24. The first-order valence-electron chi connectivity index (χ1n) is 10.9. The lowest BCUT2D eigenvalue weighted by Gasteiger charge is -2.16. The first-order valence-corrected chi connectivity index (χ1v) is 12.3. The molecule has 9 nitrogen and oxygen atoms in total. The average molecular weight is 505 g/mol. The fourth-order valence-electron chi connectivity index (χ4n) is 3.13. The highest BCUT2D eigenvalue weighted by molar-refractivity contribution is 7.87. The highest BCUT2D eigenvalue weighted by Crippen LogP contribution is 2.31. The highest BCUT2D eigenvalue weighted by atomic mass is 32.2. The molecule has 1 aromatic heterocycles. The summed E-state index contributed by atoms with van der Waals surface area (Å²) >= 11 is 0. The number of esters is 1. The van der Waals surface area contributed by atoms with Gasteiger partial charge in [0.15, 0.2) is 5.75 Å². The van der Waals surface area contributed by atoms with Crippen LogP contribution in [0.1, 0.15) is 49.7 Å². The molecule has 0 aliphatic rings. The smallest absolute Gasteiger partial charge is 0.362 e. The van der Waals surface area contributed by atoms with Gasteiger partial charge in [-0.05, 0) is 61.7 Å². The Labute approximate surface area is 202 Å². The van der Waals surface area contributed by atoms with Gasteiger partial charge in [-0.15, -0.1) is 0 Å². The molecule has 0 N–H and O–H groups in total. The predicted octanol–water partition coefficient (Wildman–Crippen LogP) is 3.84. The number of carbonyl (C=O) groups is 1. The van der Waals surface area contributed by atoms with E-state index < -0.39 is 38.9 Å². The molecule has 0 atom stereocenters. The lowest BCUT2D eigenvalue weighted by atomic mass is 10.0. The minimum Gasteiger partial charge on any atom is -0.492 e. The van der Waals surface area contributed by atoms with Crippen LogP contribution in [-0.4, -0.2) is 37.4 Å². The Hall–Kier alpha value is -3.73. The molecular weight excluding hydrogens is 479 g/mol. The minimum absolute atomic E-state index is 0.0102. The Bertz CT molecular complexity index is 1380. The number of hydrogen-bond donors (Lipinski definition) is 0. The SMILES string of the molecule is CCOC(=O)c1nn(-c2ccc(F)cc2)c(=O)cc1OS(=O)(=O)c1cc(C(C)C)ccc1OCC. The number of halogens is 1. The Morgan fingerprint density at radius 1 is 1.03 bits per heavy atom. The summed E-state index contributed by atoms with van der Waals surface area (Å²) in [4.78, 5) is 25.1. The van der Waals surface area contributed by atoms with Crippen molar-refractivity contribution in [2.45, 2.75) is 38.5 Å². The van der Waals surface area contributed by atoms with Crippen LogP contribution in [0.3, 0.4) is 0 Å². The van der Waals surface area contributed by atoms with Gasteiger partial charge in [-0.1, -0.05) is 19.9 Å². The van der Waals surface area contributed by atoms with E-state index in [9.17, 15) is 22.4 Å². The van der Waals surface area contributed by atoms with Crippen molar-refractivity contribution in [1.29, 1.82) is 0 Å². The van der Waals surface area contributed by atoms with Gasteiger partial charge in [0.1, 0.15) is 16.5 Å². The molecule has 1 heterocycles. The lowest BCUT2D eigenvalue weighted by Crippen LogP contribution is -2.26. The van der Waals surface area contributed by atoms with Gasteiger partial charge in [0.25, 0.3) is 5.56 Å². The van der Waals surface area contributed by atoms with Crippen molar-refractivity contribution < 1.29 is 31.3 Å². The van der Waals surface area contributed by atoms with Crippen LogP contribution in [0.4, 0.5) is 4.39 Å². The molecule has 0 unspecified atom stereocenters. The number of rotatable bonds is 9. The Morgan fingerprint density at radius 2 is 1.71 bits per heavy atom. The van der Waals surface area contributed by atoms with Crippen molar-refractivity contribution in [3.63, 3.8) is 0 Å². The maximum absolute atomic E-state index is 13.3. The Kier molecular flexibility index (Phi) is 7.90. The normalized spacial score (nSPS) is 11.4.